The number of aldehydes is 1. The fraction of sp³-hybridized carbons (Fsp3) is 0.308. The van der Waals surface area contributed by atoms with Gasteiger partial charge in [-0.1, -0.05) is 18.2 Å². The van der Waals surface area contributed by atoms with Gasteiger partial charge in [-0.15, -0.1) is 0 Å². The molecule has 0 atom stereocenters. The van der Waals surface area contributed by atoms with Crippen LogP contribution in [0.5, 0.6) is 5.88 Å². The molecule has 16 heavy (non-hydrogen) atoms. The molecule has 0 fully saturated rings. The fourth-order valence-electron chi connectivity index (χ4n) is 2.03. The molecule has 1 aromatic heterocycles. The first-order chi connectivity index (χ1) is 7.83. The second-order valence-corrected chi connectivity index (χ2v) is 3.53. The lowest BCUT2D eigenvalue weighted by Crippen LogP contribution is -2.02. The molecule has 0 radical (unpaired) electrons. The van der Waals surface area contributed by atoms with Gasteiger partial charge in [-0.25, -0.2) is 0 Å². The van der Waals surface area contributed by atoms with Gasteiger partial charge in [0.05, 0.1) is 17.7 Å². The minimum Gasteiger partial charge on any atom is -0.479 e. The Hall–Kier alpha value is -1.77. The van der Waals surface area contributed by atoms with Crippen LogP contribution in [0.1, 0.15) is 24.2 Å². The van der Waals surface area contributed by atoms with Crippen molar-refractivity contribution in [3.05, 3.63) is 29.8 Å². The van der Waals surface area contributed by atoms with Gasteiger partial charge in [0, 0.05) is 11.9 Å². The highest BCUT2D eigenvalue weighted by atomic mass is 16.5. The number of aryl methyl sites for hydroxylation is 1. The van der Waals surface area contributed by atoms with Gasteiger partial charge in [0.2, 0.25) is 5.88 Å². The van der Waals surface area contributed by atoms with E-state index in [9.17, 15) is 4.79 Å². The van der Waals surface area contributed by atoms with Gasteiger partial charge in [-0.3, -0.25) is 4.79 Å². The van der Waals surface area contributed by atoms with Crippen molar-refractivity contribution < 1.29 is 9.53 Å². The Morgan fingerprint density at radius 1 is 1.31 bits per heavy atom. The quantitative estimate of drug-likeness (QED) is 0.737. The molecule has 3 heteroatoms. The van der Waals surface area contributed by atoms with E-state index in [2.05, 4.69) is 0 Å². The summed E-state index contributed by atoms with van der Waals surface area (Å²) in [6.07, 6.45) is 0.874. The second kappa shape index (κ2) is 4.39. The van der Waals surface area contributed by atoms with Crippen molar-refractivity contribution in [3.8, 4) is 5.88 Å². The number of aromatic nitrogens is 1. The third-order valence-electron chi connectivity index (χ3n) is 2.68. The van der Waals surface area contributed by atoms with Crippen molar-refractivity contribution >= 4 is 17.2 Å². The topological polar surface area (TPSA) is 31.2 Å². The van der Waals surface area contributed by atoms with Gasteiger partial charge in [0.1, 0.15) is 0 Å². The zero-order chi connectivity index (χ0) is 11.5. The molecular formula is C13H15NO2. The zero-order valence-electron chi connectivity index (χ0n) is 9.56. The van der Waals surface area contributed by atoms with E-state index in [-0.39, 0.29) is 0 Å². The maximum absolute atomic E-state index is 11.2. The van der Waals surface area contributed by atoms with E-state index >= 15 is 0 Å². The van der Waals surface area contributed by atoms with Crippen molar-refractivity contribution in [2.45, 2.75) is 20.4 Å². The molecule has 0 aliphatic rings. The van der Waals surface area contributed by atoms with E-state index in [0.29, 0.717) is 18.1 Å². The summed E-state index contributed by atoms with van der Waals surface area (Å²) in [6, 6.07) is 7.87. The summed E-state index contributed by atoms with van der Waals surface area (Å²) >= 11 is 0. The minimum atomic E-state index is 0.567. The summed E-state index contributed by atoms with van der Waals surface area (Å²) in [5.41, 5.74) is 1.70. The molecule has 2 rings (SSSR count). The molecule has 84 valence electrons. The predicted octanol–water partition coefficient (Wildman–Crippen LogP) is 2.87. The van der Waals surface area contributed by atoms with E-state index in [0.717, 1.165) is 23.7 Å². The average Bonchev–Trinajstić information content (AvgIpc) is 2.62. The Kier molecular flexibility index (Phi) is 2.95. The highest BCUT2D eigenvalue weighted by molar-refractivity contribution is 6.00. The van der Waals surface area contributed by atoms with E-state index in [1.54, 1.807) is 0 Å². The lowest BCUT2D eigenvalue weighted by Gasteiger charge is -2.08. The molecule has 0 saturated carbocycles. The van der Waals surface area contributed by atoms with Crippen LogP contribution in [0.4, 0.5) is 0 Å². The van der Waals surface area contributed by atoms with Crippen molar-refractivity contribution in [2.24, 2.45) is 0 Å². The summed E-state index contributed by atoms with van der Waals surface area (Å²) in [5, 5.41) is 0.961. The molecule has 0 amide bonds. The maximum atomic E-state index is 11.2. The van der Waals surface area contributed by atoms with Gasteiger partial charge in [-0.2, -0.15) is 0 Å². The van der Waals surface area contributed by atoms with Crippen molar-refractivity contribution in [2.75, 3.05) is 6.61 Å². The lowest BCUT2D eigenvalue weighted by atomic mass is 10.2. The standard InChI is InChI=1S/C13H15NO2/c1-3-14-12-8-6-5-7-10(12)11(9-15)13(14)16-4-2/h5-9H,3-4H2,1-2H3. The number of carbonyl (C=O) groups is 1. The summed E-state index contributed by atoms with van der Waals surface area (Å²) in [7, 11) is 0. The molecule has 0 saturated heterocycles. The van der Waals surface area contributed by atoms with E-state index in [4.69, 9.17) is 4.74 Å². The normalized spacial score (nSPS) is 10.6. The maximum Gasteiger partial charge on any atom is 0.205 e. The highest BCUT2D eigenvalue weighted by Crippen LogP contribution is 2.30. The Bertz CT molecular complexity index is 514. The number of ether oxygens (including phenoxy) is 1. The van der Waals surface area contributed by atoms with Crippen LogP contribution in [-0.4, -0.2) is 17.5 Å². The van der Waals surface area contributed by atoms with E-state index in [1.807, 2.05) is 42.7 Å². The molecule has 0 N–H and O–H groups in total. The molecule has 1 heterocycles. The number of hydrogen-bond acceptors (Lipinski definition) is 2. The van der Waals surface area contributed by atoms with E-state index in [1.165, 1.54) is 0 Å². The first-order valence-electron chi connectivity index (χ1n) is 5.52. The molecule has 0 spiro atoms. The molecule has 3 nitrogen and oxygen atoms in total. The Morgan fingerprint density at radius 3 is 2.69 bits per heavy atom. The Balaban J connectivity index is 2.78. The predicted molar refractivity (Wildman–Crippen MR) is 64.2 cm³/mol. The third kappa shape index (κ3) is 1.48. The Morgan fingerprint density at radius 2 is 2.06 bits per heavy atom. The highest BCUT2D eigenvalue weighted by Gasteiger charge is 2.16. The van der Waals surface area contributed by atoms with Crippen LogP contribution in [0, 0.1) is 0 Å². The van der Waals surface area contributed by atoms with Gasteiger partial charge >= 0.3 is 0 Å². The van der Waals surface area contributed by atoms with Crippen LogP contribution >= 0.6 is 0 Å². The largest absolute Gasteiger partial charge is 0.479 e. The van der Waals surface area contributed by atoms with Gasteiger partial charge in [0.25, 0.3) is 0 Å². The number of nitrogens with zero attached hydrogens (tertiary/aromatic N) is 1. The summed E-state index contributed by atoms with van der Waals surface area (Å²) in [6.45, 7) is 5.33. The third-order valence-corrected chi connectivity index (χ3v) is 2.68. The first-order valence-corrected chi connectivity index (χ1v) is 5.52. The van der Waals surface area contributed by atoms with Crippen molar-refractivity contribution in [1.29, 1.82) is 0 Å². The smallest absolute Gasteiger partial charge is 0.205 e. The number of para-hydroxylation sites is 1. The van der Waals surface area contributed by atoms with Crippen LogP contribution in [0.3, 0.4) is 0 Å². The molecule has 0 aliphatic heterocycles. The number of fused-ring (bicyclic) bond motifs is 1. The number of hydrogen-bond donors (Lipinski definition) is 0. The summed E-state index contributed by atoms with van der Waals surface area (Å²) < 4.78 is 7.60. The monoisotopic (exact) mass is 217 g/mol. The average molecular weight is 217 g/mol. The Labute approximate surface area is 94.6 Å². The van der Waals surface area contributed by atoms with Crippen LogP contribution in [0.15, 0.2) is 24.3 Å². The number of benzene rings is 1. The first kappa shape index (κ1) is 10.7. The van der Waals surface area contributed by atoms with Gasteiger partial charge in [0.15, 0.2) is 6.29 Å². The molecule has 0 bridgehead atoms. The van der Waals surface area contributed by atoms with Crippen LogP contribution in [-0.2, 0) is 6.54 Å². The number of carbonyl (C=O) groups excluding carboxylic acids is 1. The molecule has 2 aromatic rings. The van der Waals surface area contributed by atoms with Gasteiger partial charge < -0.3 is 9.30 Å². The molecule has 0 aliphatic carbocycles. The summed E-state index contributed by atoms with van der Waals surface area (Å²) in [5.74, 6) is 0.682. The van der Waals surface area contributed by atoms with Crippen molar-refractivity contribution in [1.82, 2.24) is 4.57 Å². The number of rotatable bonds is 4. The van der Waals surface area contributed by atoms with Crippen molar-refractivity contribution in [3.63, 3.8) is 0 Å². The van der Waals surface area contributed by atoms with Crippen LogP contribution in [0.2, 0.25) is 0 Å². The van der Waals surface area contributed by atoms with Crippen LogP contribution < -0.4 is 4.74 Å². The molecule has 0 unspecified atom stereocenters. The molecule has 1 aromatic carbocycles. The second-order valence-electron chi connectivity index (χ2n) is 3.53. The fourth-order valence-corrected chi connectivity index (χ4v) is 2.03. The SMILES string of the molecule is CCOc1c(C=O)c2ccccc2n1CC. The minimum absolute atomic E-state index is 0.567. The summed E-state index contributed by atoms with van der Waals surface area (Å²) in [4.78, 5) is 11.2. The lowest BCUT2D eigenvalue weighted by molar-refractivity contribution is 0.112. The zero-order valence-corrected chi connectivity index (χ0v) is 9.56. The molecular weight excluding hydrogens is 202 g/mol. The van der Waals surface area contributed by atoms with Gasteiger partial charge in [-0.05, 0) is 19.9 Å². The van der Waals surface area contributed by atoms with E-state index < -0.39 is 0 Å². The van der Waals surface area contributed by atoms with Crippen LogP contribution in [0.25, 0.3) is 10.9 Å².